The third-order valence-corrected chi connectivity index (χ3v) is 18.8. The first kappa shape index (κ1) is 38.8. The van der Waals surface area contributed by atoms with Gasteiger partial charge in [0.1, 0.15) is 0 Å². The number of likely N-dealkylation sites (tertiary alicyclic amines) is 2. The molecule has 9 rings (SSSR count). The van der Waals surface area contributed by atoms with Gasteiger partial charge in [-0.15, -0.1) is 0 Å². The first-order chi connectivity index (χ1) is 26.7. The number of allylic oxidation sites excluding steroid dienone is 3. The molecule has 6 fully saturated rings. The second-order valence-electron chi connectivity index (χ2n) is 21.3. The predicted molar refractivity (Wildman–Crippen MR) is 229 cm³/mol. The lowest BCUT2D eigenvalue weighted by atomic mass is 9.33. The van der Waals surface area contributed by atoms with Crippen molar-refractivity contribution >= 4 is 11.5 Å². The van der Waals surface area contributed by atoms with Crippen molar-refractivity contribution < 1.29 is 9.53 Å². The van der Waals surface area contributed by atoms with Crippen LogP contribution in [0.3, 0.4) is 0 Å². The molecule has 2 aliphatic heterocycles. The van der Waals surface area contributed by atoms with Crippen LogP contribution in [-0.4, -0.2) is 66.7 Å². The smallest absolute Gasteiger partial charge is 0.337 e. The van der Waals surface area contributed by atoms with E-state index in [2.05, 4.69) is 112 Å². The van der Waals surface area contributed by atoms with Crippen molar-refractivity contribution in [3.63, 3.8) is 0 Å². The van der Waals surface area contributed by atoms with Crippen LogP contribution in [0.2, 0.25) is 0 Å². The number of carbonyl (C=O) groups excluding carboxylic acids is 1. The van der Waals surface area contributed by atoms with Gasteiger partial charge in [-0.1, -0.05) is 95.3 Å². The van der Waals surface area contributed by atoms with Gasteiger partial charge in [0.2, 0.25) is 0 Å². The van der Waals surface area contributed by atoms with Crippen molar-refractivity contribution in [1.82, 2.24) is 15.1 Å². The molecule has 1 N–H and O–H groups in total. The number of nitrogens with zero attached hydrogens (tertiary/aromatic N) is 2. The number of nitrogens with one attached hydrogen (secondary N) is 1. The minimum absolute atomic E-state index is 0.0655. The molecule has 2 bridgehead atoms. The molecule has 2 aromatic carbocycles. The van der Waals surface area contributed by atoms with Crippen LogP contribution in [0.15, 0.2) is 72.8 Å². The Morgan fingerprint density at radius 2 is 1.57 bits per heavy atom. The summed E-state index contributed by atoms with van der Waals surface area (Å²) in [5.74, 6) is 3.18. The van der Waals surface area contributed by atoms with E-state index >= 15 is 0 Å². The number of rotatable bonds is 9. The third kappa shape index (κ3) is 5.81. The molecule has 0 radical (unpaired) electrons. The molecule has 7 aliphatic rings. The van der Waals surface area contributed by atoms with Crippen LogP contribution in [0.1, 0.15) is 127 Å². The Balaban J connectivity index is 0.916. The van der Waals surface area contributed by atoms with Gasteiger partial charge in [0.05, 0.1) is 12.7 Å². The summed E-state index contributed by atoms with van der Waals surface area (Å²) in [5, 5.41) is 4.42. The van der Waals surface area contributed by atoms with E-state index in [1.807, 2.05) is 12.1 Å². The average molecular weight is 758 g/mol. The van der Waals surface area contributed by atoms with E-state index in [9.17, 15) is 4.79 Å². The van der Waals surface area contributed by atoms with Crippen molar-refractivity contribution in [2.45, 2.75) is 130 Å². The summed E-state index contributed by atoms with van der Waals surface area (Å²) < 4.78 is 5.00. The fourth-order valence-electron chi connectivity index (χ4n) is 16.0. The first-order valence-corrected chi connectivity index (χ1v) is 22.6. The summed E-state index contributed by atoms with van der Waals surface area (Å²) >= 11 is 0. The summed E-state index contributed by atoms with van der Waals surface area (Å²) in [7, 11) is 1.46. The molecule has 5 nitrogen and oxygen atoms in total. The van der Waals surface area contributed by atoms with Gasteiger partial charge in [-0.05, 0) is 151 Å². The predicted octanol–water partition coefficient (Wildman–Crippen LogP) is 10.4. The van der Waals surface area contributed by atoms with Crippen molar-refractivity contribution in [3.05, 3.63) is 89.5 Å². The van der Waals surface area contributed by atoms with Crippen LogP contribution < -0.4 is 5.32 Å². The van der Waals surface area contributed by atoms with Crippen LogP contribution in [0.5, 0.6) is 0 Å². The molecule has 0 spiro atoms. The number of fused-ring (bicyclic) bond motifs is 9. The number of esters is 1. The molecule has 4 saturated carbocycles. The molecule has 2 saturated heterocycles. The van der Waals surface area contributed by atoms with Gasteiger partial charge in [0.15, 0.2) is 0 Å². The zero-order valence-electron chi connectivity index (χ0n) is 35.8. The Kier molecular flexibility index (Phi) is 9.65. The van der Waals surface area contributed by atoms with E-state index < -0.39 is 0 Å². The number of hydrogen-bond acceptors (Lipinski definition) is 5. The van der Waals surface area contributed by atoms with Crippen LogP contribution in [-0.2, 0) is 11.3 Å². The number of carbonyl (C=O) groups is 1. The standard InChI is InChI=1S/C51H71N3O2/c1-34(2)40-20-25-51(52-28-29-53-32-39-30-38(53)33-54(39)31-35-12-10-9-11-13-35)27-26-49(6)42(45(40)51)18-19-44-48(5)23-21-41(36-14-16-37(17-15-36)46(55)56-8)47(3,4)43(48)22-24-50(44,49)7/h9-17,21,38-40,42-45,52H,1,18-20,22-33H2,2-8H3/t38-,39-,40-,42+,43-,44+,45?,48-,49+,50+,51-/m0/s1. The van der Waals surface area contributed by atoms with Crippen LogP contribution in [0, 0.1) is 51.2 Å². The highest BCUT2D eigenvalue weighted by Gasteiger charge is 2.70. The second kappa shape index (κ2) is 13.9. The Bertz CT molecular complexity index is 1850. The fraction of sp³-hybridized carbons (Fsp3) is 0.667. The van der Waals surface area contributed by atoms with Crippen molar-refractivity contribution in [3.8, 4) is 0 Å². The first-order valence-electron chi connectivity index (χ1n) is 22.6. The monoisotopic (exact) mass is 758 g/mol. The number of ether oxygens (including phenoxy) is 1. The Morgan fingerprint density at radius 1 is 0.839 bits per heavy atom. The maximum absolute atomic E-state index is 12.2. The molecule has 2 heterocycles. The molecule has 0 aromatic heterocycles. The molecule has 5 aliphatic carbocycles. The van der Waals surface area contributed by atoms with Gasteiger partial charge in [0, 0.05) is 50.3 Å². The molecule has 0 amide bonds. The zero-order chi connectivity index (χ0) is 39.3. The van der Waals surface area contributed by atoms with Gasteiger partial charge in [0.25, 0.3) is 0 Å². The lowest BCUT2D eigenvalue weighted by Crippen LogP contribution is -2.68. The Hall–Kier alpha value is -2.73. The molecule has 5 heteroatoms. The normalized spacial score (nSPS) is 41.3. The van der Waals surface area contributed by atoms with E-state index in [0.717, 1.165) is 37.4 Å². The maximum Gasteiger partial charge on any atom is 0.337 e. The summed E-state index contributed by atoms with van der Waals surface area (Å²) in [5.41, 5.74) is 7.52. The SMILES string of the molecule is C=C(C)[C@@H]1CC[C@]2(NCCN3C[C@@H]4C[C@H]3CN4Cc3ccccc3)CC[C@]3(C)[C@H](CC[C@@H]4[C@@]5(C)CC=C(c6ccc(C(=O)OC)cc6)C(C)(C)[C@@H]5CC[C@]43C)C12. The van der Waals surface area contributed by atoms with Crippen molar-refractivity contribution in [1.29, 1.82) is 0 Å². The van der Waals surface area contributed by atoms with Gasteiger partial charge in [-0.2, -0.15) is 0 Å². The molecular formula is C51H71N3O2. The molecule has 56 heavy (non-hydrogen) atoms. The topological polar surface area (TPSA) is 44.8 Å². The highest BCUT2D eigenvalue weighted by molar-refractivity contribution is 5.90. The molecular weight excluding hydrogens is 687 g/mol. The lowest BCUT2D eigenvalue weighted by Gasteiger charge is -2.72. The third-order valence-electron chi connectivity index (χ3n) is 18.8. The van der Waals surface area contributed by atoms with Crippen molar-refractivity contribution in [2.75, 3.05) is 33.3 Å². The van der Waals surface area contributed by atoms with Gasteiger partial charge >= 0.3 is 5.97 Å². The van der Waals surface area contributed by atoms with Crippen LogP contribution in [0.25, 0.3) is 5.57 Å². The molecule has 1 unspecified atom stereocenters. The maximum atomic E-state index is 12.2. The molecule has 2 aromatic rings. The van der Waals surface area contributed by atoms with Gasteiger partial charge in [-0.25, -0.2) is 4.79 Å². The average Bonchev–Trinajstić information content (AvgIpc) is 3.88. The van der Waals surface area contributed by atoms with E-state index in [0.29, 0.717) is 40.2 Å². The lowest BCUT2D eigenvalue weighted by molar-refractivity contribution is -0.219. The van der Waals surface area contributed by atoms with Crippen molar-refractivity contribution in [2.24, 2.45) is 51.2 Å². The number of hydrogen-bond donors (Lipinski definition) is 1. The Morgan fingerprint density at radius 3 is 2.27 bits per heavy atom. The summed E-state index contributed by atoms with van der Waals surface area (Å²) in [4.78, 5) is 17.8. The summed E-state index contributed by atoms with van der Waals surface area (Å²) in [6, 6.07) is 20.7. The van der Waals surface area contributed by atoms with Crippen LogP contribution in [0.4, 0.5) is 0 Å². The van der Waals surface area contributed by atoms with Gasteiger partial charge in [-0.3, -0.25) is 9.80 Å². The van der Waals surface area contributed by atoms with E-state index in [4.69, 9.17) is 4.74 Å². The van der Waals surface area contributed by atoms with E-state index in [1.165, 1.54) is 107 Å². The molecule has 302 valence electrons. The zero-order valence-corrected chi connectivity index (χ0v) is 35.8. The summed E-state index contributed by atoms with van der Waals surface area (Å²) in [6.45, 7) is 26.2. The quantitative estimate of drug-likeness (QED) is 0.204. The van der Waals surface area contributed by atoms with Crippen LogP contribution >= 0.6 is 0 Å². The summed E-state index contributed by atoms with van der Waals surface area (Å²) in [6.07, 6.45) is 15.8. The largest absolute Gasteiger partial charge is 0.465 e. The number of methoxy groups -OCH3 is 1. The van der Waals surface area contributed by atoms with E-state index in [1.54, 1.807) is 0 Å². The highest BCUT2D eigenvalue weighted by Crippen LogP contribution is 2.76. The number of piperazine rings is 1. The molecule has 11 atom stereocenters. The van der Waals surface area contributed by atoms with E-state index in [-0.39, 0.29) is 22.3 Å². The Labute approximate surface area is 339 Å². The minimum atomic E-state index is -0.264. The highest BCUT2D eigenvalue weighted by atomic mass is 16.5. The van der Waals surface area contributed by atoms with Gasteiger partial charge < -0.3 is 10.1 Å². The number of benzene rings is 2. The fourth-order valence-corrected chi connectivity index (χ4v) is 16.0. The minimum Gasteiger partial charge on any atom is -0.465 e. The second-order valence-corrected chi connectivity index (χ2v) is 21.3.